The lowest BCUT2D eigenvalue weighted by atomic mass is 10.2. The van der Waals surface area contributed by atoms with Crippen LogP contribution in [0.4, 0.5) is 10.8 Å². The van der Waals surface area contributed by atoms with E-state index < -0.39 is 0 Å². The standard InChI is InChI=1S/C14H10BrN3S/c1-18(13-6-9(15)8-19-13)14-11(7-16)10-4-2-3-5-12(10)17-14/h2-6,8,17H,1H3. The van der Waals surface area contributed by atoms with Gasteiger partial charge in [-0.25, -0.2) is 0 Å². The van der Waals surface area contributed by atoms with Crippen LogP contribution in [0.15, 0.2) is 40.2 Å². The summed E-state index contributed by atoms with van der Waals surface area (Å²) in [5.41, 5.74) is 1.67. The van der Waals surface area contributed by atoms with Gasteiger partial charge < -0.3 is 9.88 Å². The highest BCUT2D eigenvalue weighted by atomic mass is 79.9. The fourth-order valence-electron chi connectivity index (χ4n) is 2.08. The van der Waals surface area contributed by atoms with E-state index in [1.165, 1.54) is 0 Å². The van der Waals surface area contributed by atoms with E-state index in [9.17, 15) is 5.26 Å². The molecule has 0 fully saturated rings. The molecule has 19 heavy (non-hydrogen) atoms. The van der Waals surface area contributed by atoms with Crippen LogP contribution in [-0.2, 0) is 0 Å². The topological polar surface area (TPSA) is 42.8 Å². The van der Waals surface area contributed by atoms with Gasteiger partial charge in [0.2, 0.25) is 0 Å². The van der Waals surface area contributed by atoms with Crippen molar-refractivity contribution >= 4 is 49.0 Å². The van der Waals surface area contributed by atoms with Gasteiger partial charge in [-0.2, -0.15) is 5.26 Å². The number of thiophene rings is 1. The molecule has 0 saturated heterocycles. The van der Waals surface area contributed by atoms with Gasteiger partial charge in [-0.1, -0.05) is 18.2 Å². The van der Waals surface area contributed by atoms with Crippen LogP contribution in [0.2, 0.25) is 0 Å². The van der Waals surface area contributed by atoms with Crippen molar-refractivity contribution in [3.63, 3.8) is 0 Å². The number of rotatable bonds is 2. The predicted octanol–water partition coefficient (Wildman–Crippen LogP) is 4.63. The Hall–Kier alpha value is -1.77. The quantitative estimate of drug-likeness (QED) is 0.743. The smallest absolute Gasteiger partial charge is 0.130 e. The van der Waals surface area contributed by atoms with Gasteiger partial charge in [-0.3, -0.25) is 0 Å². The molecular formula is C14H10BrN3S. The number of nitrogens with zero attached hydrogens (tertiary/aromatic N) is 2. The third-order valence-corrected chi connectivity index (χ3v) is 4.78. The maximum Gasteiger partial charge on any atom is 0.130 e. The minimum Gasteiger partial charge on any atom is -0.340 e. The number of fused-ring (bicyclic) bond motifs is 1. The molecule has 3 rings (SSSR count). The summed E-state index contributed by atoms with van der Waals surface area (Å²) in [6.45, 7) is 0. The third kappa shape index (κ3) is 2.03. The minimum atomic E-state index is 0.683. The number of nitrogens with one attached hydrogen (secondary N) is 1. The summed E-state index contributed by atoms with van der Waals surface area (Å²) in [5, 5.41) is 13.5. The average molecular weight is 332 g/mol. The predicted molar refractivity (Wildman–Crippen MR) is 83.1 cm³/mol. The van der Waals surface area contributed by atoms with Crippen molar-refractivity contribution in [2.24, 2.45) is 0 Å². The first-order valence-corrected chi connectivity index (χ1v) is 7.36. The number of nitriles is 1. The van der Waals surface area contributed by atoms with E-state index >= 15 is 0 Å². The van der Waals surface area contributed by atoms with Gasteiger partial charge in [0.25, 0.3) is 0 Å². The molecule has 0 spiro atoms. The van der Waals surface area contributed by atoms with Gasteiger partial charge in [0.05, 0.1) is 5.00 Å². The van der Waals surface area contributed by atoms with E-state index in [4.69, 9.17) is 0 Å². The van der Waals surface area contributed by atoms with Crippen LogP contribution in [0, 0.1) is 11.3 Å². The van der Waals surface area contributed by atoms with E-state index in [0.717, 1.165) is 26.2 Å². The molecule has 1 N–H and O–H groups in total. The van der Waals surface area contributed by atoms with Gasteiger partial charge in [0.15, 0.2) is 0 Å². The van der Waals surface area contributed by atoms with Crippen molar-refractivity contribution in [3.8, 4) is 6.07 Å². The molecule has 0 aliphatic heterocycles. The van der Waals surface area contributed by atoms with Crippen molar-refractivity contribution in [1.29, 1.82) is 5.26 Å². The molecule has 5 heteroatoms. The number of anilines is 2. The van der Waals surface area contributed by atoms with Crippen LogP contribution in [0.25, 0.3) is 10.9 Å². The lowest BCUT2D eigenvalue weighted by Gasteiger charge is -2.15. The van der Waals surface area contributed by atoms with Crippen LogP contribution in [-0.4, -0.2) is 12.0 Å². The number of benzene rings is 1. The Bertz CT molecular complexity index is 781. The number of aromatic amines is 1. The van der Waals surface area contributed by atoms with Crippen molar-refractivity contribution < 1.29 is 0 Å². The second-order valence-electron chi connectivity index (χ2n) is 4.17. The molecule has 0 atom stereocenters. The Morgan fingerprint density at radius 1 is 1.37 bits per heavy atom. The Kier molecular flexibility index (Phi) is 3.05. The van der Waals surface area contributed by atoms with Crippen LogP contribution >= 0.6 is 27.3 Å². The molecule has 0 unspecified atom stereocenters. The van der Waals surface area contributed by atoms with Crippen LogP contribution in [0.1, 0.15) is 5.56 Å². The van der Waals surface area contributed by atoms with Crippen molar-refractivity contribution in [2.45, 2.75) is 0 Å². The highest BCUT2D eigenvalue weighted by molar-refractivity contribution is 9.10. The molecule has 0 aliphatic carbocycles. The molecule has 2 heterocycles. The lowest BCUT2D eigenvalue weighted by molar-refractivity contribution is 1.18. The maximum atomic E-state index is 9.40. The van der Waals surface area contributed by atoms with Crippen molar-refractivity contribution in [1.82, 2.24) is 4.98 Å². The number of hydrogen-bond acceptors (Lipinski definition) is 3. The van der Waals surface area contributed by atoms with Gasteiger partial charge in [-0.15, -0.1) is 11.3 Å². The Morgan fingerprint density at radius 3 is 2.84 bits per heavy atom. The summed E-state index contributed by atoms with van der Waals surface area (Å²) in [7, 11) is 1.96. The van der Waals surface area contributed by atoms with Crippen LogP contribution in [0.5, 0.6) is 0 Å². The number of halogens is 1. The Morgan fingerprint density at radius 2 is 2.16 bits per heavy atom. The van der Waals surface area contributed by atoms with Crippen molar-refractivity contribution in [2.75, 3.05) is 11.9 Å². The van der Waals surface area contributed by atoms with Gasteiger partial charge in [0.1, 0.15) is 17.5 Å². The van der Waals surface area contributed by atoms with Crippen LogP contribution < -0.4 is 4.90 Å². The molecule has 3 nitrogen and oxygen atoms in total. The molecule has 2 aromatic heterocycles. The zero-order valence-electron chi connectivity index (χ0n) is 10.1. The summed E-state index contributed by atoms with van der Waals surface area (Å²) < 4.78 is 1.05. The third-order valence-electron chi connectivity index (χ3n) is 3.02. The van der Waals surface area contributed by atoms with E-state index in [-0.39, 0.29) is 0 Å². The SMILES string of the molecule is CN(c1cc(Br)cs1)c1[nH]c2ccccc2c1C#N. The van der Waals surface area contributed by atoms with Crippen LogP contribution in [0.3, 0.4) is 0 Å². The molecule has 0 aliphatic rings. The Balaban J connectivity index is 2.17. The number of hydrogen-bond donors (Lipinski definition) is 1. The zero-order valence-corrected chi connectivity index (χ0v) is 12.5. The average Bonchev–Trinajstić information content (AvgIpc) is 3.01. The van der Waals surface area contributed by atoms with Gasteiger partial charge in [-0.05, 0) is 28.1 Å². The minimum absolute atomic E-state index is 0.683. The first-order valence-electron chi connectivity index (χ1n) is 5.69. The number of para-hydroxylation sites is 1. The number of H-pyrrole nitrogens is 1. The summed E-state index contributed by atoms with van der Waals surface area (Å²) in [4.78, 5) is 5.33. The molecule has 0 saturated carbocycles. The molecule has 1 aromatic carbocycles. The van der Waals surface area contributed by atoms with E-state index in [2.05, 4.69) is 27.0 Å². The highest BCUT2D eigenvalue weighted by Crippen LogP contribution is 2.35. The lowest BCUT2D eigenvalue weighted by Crippen LogP contribution is -2.09. The summed E-state index contributed by atoms with van der Waals surface area (Å²) in [6.07, 6.45) is 0. The molecule has 0 amide bonds. The van der Waals surface area contributed by atoms with E-state index in [1.54, 1.807) is 11.3 Å². The van der Waals surface area contributed by atoms with Crippen molar-refractivity contribution in [3.05, 3.63) is 45.7 Å². The zero-order chi connectivity index (χ0) is 13.4. The maximum absolute atomic E-state index is 9.40. The number of aromatic nitrogens is 1. The monoisotopic (exact) mass is 331 g/mol. The van der Waals surface area contributed by atoms with E-state index in [1.807, 2.05) is 47.7 Å². The summed E-state index contributed by atoms with van der Waals surface area (Å²) in [6, 6.07) is 12.2. The molecule has 0 radical (unpaired) electrons. The first kappa shape index (κ1) is 12.3. The fourth-order valence-corrected chi connectivity index (χ4v) is 3.48. The second kappa shape index (κ2) is 4.72. The summed E-state index contributed by atoms with van der Waals surface area (Å²) >= 11 is 5.08. The van der Waals surface area contributed by atoms with E-state index in [0.29, 0.717) is 5.56 Å². The largest absolute Gasteiger partial charge is 0.340 e. The molecule has 0 bridgehead atoms. The second-order valence-corrected chi connectivity index (χ2v) is 5.97. The van der Waals surface area contributed by atoms with Gasteiger partial charge >= 0.3 is 0 Å². The first-order chi connectivity index (χ1) is 9.20. The molecule has 3 aromatic rings. The highest BCUT2D eigenvalue weighted by Gasteiger charge is 2.16. The molecular weight excluding hydrogens is 322 g/mol. The summed E-state index contributed by atoms with van der Waals surface area (Å²) in [5.74, 6) is 0.832. The molecule has 94 valence electrons. The Labute approximate surface area is 123 Å². The van der Waals surface area contributed by atoms with Gasteiger partial charge in [0, 0.05) is 27.8 Å². The fraction of sp³-hybridized carbons (Fsp3) is 0.0714. The normalized spacial score (nSPS) is 10.6.